The molecule has 25 heavy (non-hydrogen) atoms. The van der Waals surface area contributed by atoms with Crippen LogP contribution in [0.2, 0.25) is 0 Å². The van der Waals surface area contributed by atoms with Crippen LogP contribution in [-0.2, 0) is 25.4 Å². The molecule has 0 saturated heterocycles. The molecule has 0 spiro atoms. The van der Waals surface area contributed by atoms with Crippen molar-refractivity contribution in [3.05, 3.63) is 62.4 Å². The van der Waals surface area contributed by atoms with Crippen molar-refractivity contribution in [2.75, 3.05) is 6.54 Å². The Bertz CT molecular complexity index is 912. The molecule has 0 bridgehead atoms. The minimum atomic E-state index is -0.489. The van der Waals surface area contributed by atoms with Gasteiger partial charge in [0.2, 0.25) is 5.91 Å². The Morgan fingerprint density at radius 3 is 2.32 bits per heavy atom. The molecule has 1 aromatic heterocycles. The molecule has 0 atom stereocenters. The summed E-state index contributed by atoms with van der Waals surface area (Å²) in [5, 5.41) is 14.1. The Labute approximate surface area is 142 Å². The van der Waals surface area contributed by atoms with Gasteiger partial charge in [-0.1, -0.05) is 0 Å². The average molecular weight is 346 g/mol. The molecule has 9 nitrogen and oxygen atoms in total. The molecule has 3 N–H and O–H groups in total. The summed E-state index contributed by atoms with van der Waals surface area (Å²) in [6, 6.07) is 6.85. The Morgan fingerprint density at radius 1 is 1.04 bits per heavy atom. The highest BCUT2D eigenvalue weighted by Crippen LogP contribution is 2.09. The fraction of sp³-hybridized carbons (Fsp3) is 0.250. The van der Waals surface area contributed by atoms with Crippen LogP contribution in [-0.4, -0.2) is 32.6 Å². The van der Waals surface area contributed by atoms with Crippen LogP contribution in [0.25, 0.3) is 0 Å². The molecule has 2 rings (SSSR count). The van der Waals surface area contributed by atoms with E-state index in [1.54, 1.807) is 0 Å². The van der Waals surface area contributed by atoms with Crippen LogP contribution in [0.3, 0.4) is 0 Å². The Balaban J connectivity index is 1.91. The van der Waals surface area contributed by atoms with Crippen molar-refractivity contribution in [3.63, 3.8) is 0 Å². The van der Waals surface area contributed by atoms with Crippen LogP contribution in [0, 0.1) is 0 Å². The van der Waals surface area contributed by atoms with Crippen molar-refractivity contribution in [1.29, 1.82) is 0 Å². The van der Waals surface area contributed by atoms with Gasteiger partial charge in [-0.25, -0.2) is 4.79 Å². The number of phenolic OH excluding ortho intramolecular Hbond substituents is 1. The SMILES string of the molecule is Cn1c(CNC(=O)CNC(=O)c2ccc(O)cc2)cc(=O)n(C)c1=O. The zero-order valence-electron chi connectivity index (χ0n) is 13.8. The summed E-state index contributed by atoms with van der Waals surface area (Å²) in [6.07, 6.45) is 0. The third-order valence-electron chi connectivity index (χ3n) is 3.63. The summed E-state index contributed by atoms with van der Waals surface area (Å²) in [5.41, 5.74) is -0.295. The van der Waals surface area contributed by atoms with Crippen LogP contribution >= 0.6 is 0 Å². The summed E-state index contributed by atoms with van der Waals surface area (Å²) in [5.74, 6) is -0.898. The van der Waals surface area contributed by atoms with Crippen molar-refractivity contribution in [2.45, 2.75) is 6.54 Å². The number of benzene rings is 1. The van der Waals surface area contributed by atoms with Crippen LogP contribution in [0.4, 0.5) is 0 Å². The van der Waals surface area contributed by atoms with Gasteiger partial charge in [0.1, 0.15) is 5.75 Å². The van der Waals surface area contributed by atoms with Crippen molar-refractivity contribution in [3.8, 4) is 5.75 Å². The van der Waals surface area contributed by atoms with Crippen LogP contribution < -0.4 is 21.9 Å². The number of carbonyl (C=O) groups is 2. The van der Waals surface area contributed by atoms with Crippen molar-refractivity contribution < 1.29 is 14.7 Å². The summed E-state index contributed by atoms with van der Waals surface area (Å²) < 4.78 is 2.22. The monoisotopic (exact) mass is 346 g/mol. The third kappa shape index (κ3) is 4.34. The molecule has 1 heterocycles. The van der Waals surface area contributed by atoms with Gasteiger partial charge in [-0.15, -0.1) is 0 Å². The molecule has 0 fully saturated rings. The maximum absolute atomic E-state index is 11.9. The van der Waals surface area contributed by atoms with E-state index in [9.17, 15) is 19.2 Å². The first-order valence-corrected chi connectivity index (χ1v) is 7.39. The molecule has 132 valence electrons. The zero-order chi connectivity index (χ0) is 18.6. The Kier molecular flexibility index (Phi) is 5.38. The fourth-order valence-corrected chi connectivity index (χ4v) is 2.07. The van der Waals surface area contributed by atoms with Gasteiger partial charge in [-0.05, 0) is 24.3 Å². The molecule has 0 aliphatic heterocycles. The molecule has 1 aromatic carbocycles. The predicted octanol–water partition coefficient (Wildman–Crippen LogP) is -1.16. The first-order chi connectivity index (χ1) is 11.8. The number of aromatic nitrogens is 2. The molecular formula is C16H18N4O5. The second-order valence-electron chi connectivity index (χ2n) is 5.38. The van der Waals surface area contributed by atoms with Crippen LogP contribution in [0.15, 0.2) is 39.9 Å². The van der Waals surface area contributed by atoms with Gasteiger partial charge in [0.25, 0.3) is 11.5 Å². The van der Waals surface area contributed by atoms with Gasteiger partial charge in [0.05, 0.1) is 13.1 Å². The number of carbonyl (C=O) groups excluding carboxylic acids is 2. The van der Waals surface area contributed by atoms with E-state index >= 15 is 0 Å². The summed E-state index contributed by atoms with van der Waals surface area (Å²) >= 11 is 0. The Hall–Kier alpha value is -3.36. The zero-order valence-corrected chi connectivity index (χ0v) is 13.8. The predicted molar refractivity (Wildman–Crippen MR) is 89.2 cm³/mol. The molecule has 0 saturated carbocycles. The van der Waals surface area contributed by atoms with Crippen molar-refractivity contribution in [2.24, 2.45) is 14.1 Å². The highest BCUT2D eigenvalue weighted by Gasteiger charge is 2.10. The summed E-state index contributed by atoms with van der Waals surface area (Å²) in [4.78, 5) is 47.1. The molecule has 2 amide bonds. The first-order valence-electron chi connectivity index (χ1n) is 7.39. The van der Waals surface area contributed by atoms with Gasteiger partial charge in [-0.3, -0.25) is 23.5 Å². The molecule has 2 aromatic rings. The van der Waals surface area contributed by atoms with Gasteiger partial charge >= 0.3 is 5.69 Å². The van der Waals surface area contributed by atoms with E-state index in [0.717, 1.165) is 4.57 Å². The third-order valence-corrected chi connectivity index (χ3v) is 3.63. The number of nitrogens with zero attached hydrogens (tertiary/aromatic N) is 2. The van der Waals surface area contributed by atoms with Crippen molar-refractivity contribution >= 4 is 11.8 Å². The standard InChI is InChI=1S/C16H18N4O5/c1-19-11(7-14(23)20(2)16(19)25)8-17-13(22)9-18-15(24)10-3-5-12(21)6-4-10/h3-7,21H,8-9H2,1-2H3,(H,17,22)(H,18,24). The maximum Gasteiger partial charge on any atom is 0.330 e. The molecule has 0 radical (unpaired) electrons. The average Bonchev–Trinajstić information content (AvgIpc) is 2.60. The maximum atomic E-state index is 11.9. The number of hydrogen-bond donors (Lipinski definition) is 3. The number of aromatic hydroxyl groups is 1. The van der Waals surface area contributed by atoms with E-state index in [-0.39, 0.29) is 18.8 Å². The smallest absolute Gasteiger partial charge is 0.330 e. The van der Waals surface area contributed by atoms with Gasteiger partial charge in [-0.2, -0.15) is 0 Å². The molecular weight excluding hydrogens is 328 g/mol. The normalized spacial score (nSPS) is 10.3. The van der Waals surface area contributed by atoms with E-state index in [0.29, 0.717) is 11.3 Å². The second kappa shape index (κ2) is 7.47. The van der Waals surface area contributed by atoms with Gasteiger partial charge in [0, 0.05) is 31.4 Å². The number of nitrogens with one attached hydrogen (secondary N) is 2. The Morgan fingerprint density at radius 2 is 1.68 bits per heavy atom. The minimum absolute atomic E-state index is 0.0181. The molecule has 0 aliphatic carbocycles. The van der Waals surface area contributed by atoms with E-state index in [4.69, 9.17) is 5.11 Å². The van der Waals surface area contributed by atoms with E-state index in [2.05, 4.69) is 10.6 Å². The highest BCUT2D eigenvalue weighted by atomic mass is 16.3. The molecule has 0 aliphatic rings. The topological polar surface area (TPSA) is 122 Å². The van der Waals surface area contributed by atoms with Crippen LogP contribution in [0.5, 0.6) is 5.75 Å². The van der Waals surface area contributed by atoms with Gasteiger partial charge < -0.3 is 15.7 Å². The summed E-state index contributed by atoms with van der Waals surface area (Å²) in [6.45, 7) is -0.283. The minimum Gasteiger partial charge on any atom is -0.508 e. The van der Waals surface area contributed by atoms with Gasteiger partial charge in [0.15, 0.2) is 0 Å². The first kappa shape index (κ1) is 18.0. The van der Waals surface area contributed by atoms with E-state index < -0.39 is 23.1 Å². The lowest BCUT2D eigenvalue weighted by Crippen LogP contribution is -2.41. The highest BCUT2D eigenvalue weighted by molar-refractivity contribution is 5.96. The number of phenols is 1. The lowest BCUT2D eigenvalue weighted by Gasteiger charge is -2.11. The fourth-order valence-electron chi connectivity index (χ4n) is 2.07. The molecule has 0 unspecified atom stereocenters. The van der Waals surface area contributed by atoms with Crippen molar-refractivity contribution in [1.82, 2.24) is 19.8 Å². The van der Waals surface area contributed by atoms with Crippen LogP contribution in [0.1, 0.15) is 16.1 Å². The number of rotatable bonds is 5. The van der Waals surface area contributed by atoms with E-state index in [1.807, 2.05) is 0 Å². The summed E-state index contributed by atoms with van der Waals surface area (Å²) in [7, 11) is 2.86. The largest absolute Gasteiger partial charge is 0.508 e. The lowest BCUT2D eigenvalue weighted by atomic mass is 10.2. The number of amides is 2. The second-order valence-corrected chi connectivity index (χ2v) is 5.38. The number of hydrogen-bond acceptors (Lipinski definition) is 5. The van der Waals surface area contributed by atoms with E-state index in [1.165, 1.54) is 49.0 Å². The lowest BCUT2D eigenvalue weighted by molar-refractivity contribution is -0.120. The quantitative estimate of drug-likeness (QED) is 0.630. The molecule has 9 heteroatoms.